The van der Waals surface area contributed by atoms with E-state index in [1.54, 1.807) is 0 Å². The molecule has 2 heterocycles. The van der Waals surface area contributed by atoms with E-state index in [0.717, 1.165) is 18.8 Å². The lowest BCUT2D eigenvalue weighted by Crippen LogP contribution is -2.42. The second-order valence-corrected chi connectivity index (χ2v) is 4.91. The van der Waals surface area contributed by atoms with Crippen LogP contribution < -0.4 is 0 Å². The molecule has 1 saturated carbocycles. The zero-order valence-electron chi connectivity index (χ0n) is 8.48. The first-order chi connectivity index (χ1) is 6.84. The first kappa shape index (κ1) is 8.51. The molecule has 0 aromatic carbocycles. The molecule has 2 unspecified atom stereocenters. The van der Waals surface area contributed by atoms with Crippen molar-refractivity contribution in [1.82, 2.24) is 4.90 Å². The highest BCUT2D eigenvalue weighted by molar-refractivity contribution is 5.78. The van der Waals surface area contributed by atoms with Gasteiger partial charge in [-0.25, -0.2) is 0 Å². The van der Waals surface area contributed by atoms with E-state index >= 15 is 0 Å². The van der Waals surface area contributed by atoms with Crippen LogP contribution in [0.5, 0.6) is 0 Å². The highest BCUT2D eigenvalue weighted by Crippen LogP contribution is 2.37. The summed E-state index contributed by atoms with van der Waals surface area (Å²) in [4.78, 5) is 14.2. The van der Waals surface area contributed by atoms with Crippen LogP contribution in [0.3, 0.4) is 0 Å². The molecule has 2 atom stereocenters. The average molecular weight is 191 g/mol. The highest BCUT2D eigenvalue weighted by atomic mass is 16.2. The molecule has 1 aliphatic carbocycles. The van der Waals surface area contributed by atoms with Crippen molar-refractivity contribution in [2.75, 3.05) is 0 Å². The van der Waals surface area contributed by atoms with Gasteiger partial charge in [-0.15, -0.1) is 0 Å². The quantitative estimate of drug-likeness (QED) is 0.612. The van der Waals surface area contributed by atoms with Crippen LogP contribution in [0.1, 0.15) is 38.5 Å². The third-order valence-corrected chi connectivity index (χ3v) is 3.76. The number of fused-ring (bicyclic) bond motifs is 2. The van der Waals surface area contributed by atoms with Crippen molar-refractivity contribution in [3.8, 4) is 0 Å². The predicted octanol–water partition coefficient (Wildman–Crippen LogP) is 2.11. The van der Waals surface area contributed by atoms with E-state index in [2.05, 4.69) is 17.1 Å². The van der Waals surface area contributed by atoms with Gasteiger partial charge in [0.25, 0.3) is 0 Å². The molecule has 76 valence electrons. The molecular weight excluding hydrogens is 174 g/mol. The zero-order valence-corrected chi connectivity index (χ0v) is 8.48. The second-order valence-electron chi connectivity index (χ2n) is 4.91. The summed E-state index contributed by atoms with van der Waals surface area (Å²) in [5.41, 5.74) is 0. The van der Waals surface area contributed by atoms with Crippen LogP contribution in [0.15, 0.2) is 12.2 Å². The lowest BCUT2D eigenvalue weighted by atomic mass is 10.1. The Bertz CT molecular complexity index is 280. The van der Waals surface area contributed by atoms with E-state index in [-0.39, 0.29) is 0 Å². The van der Waals surface area contributed by atoms with Crippen LogP contribution in [-0.4, -0.2) is 22.9 Å². The van der Waals surface area contributed by atoms with E-state index < -0.39 is 0 Å². The van der Waals surface area contributed by atoms with Gasteiger partial charge in [0.2, 0.25) is 5.91 Å². The first-order valence-corrected chi connectivity index (χ1v) is 5.82. The molecule has 1 amide bonds. The van der Waals surface area contributed by atoms with Crippen LogP contribution in [0.4, 0.5) is 0 Å². The summed E-state index contributed by atoms with van der Waals surface area (Å²) in [5, 5.41) is 0. The standard InChI is InChI=1S/C12H17NO/c14-12(8-9-4-5-9)13-10-2-1-3-11(13)7-6-10/h1-2,9-11H,3-8H2. The van der Waals surface area contributed by atoms with Crippen LogP contribution >= 0.6 is 0 Å². The molecule has 2 heteroatoms. The zero-order chi connectivity index (χ0) is 9.54. The lowest BCUT2D eigenvalue weighted by Gasteiger charge is -2.31. The van der Waals surface area contributed by atoms with Crippen molar-refractivity contribution in [3.63, 3.8) is 0 Å². The molecule has 2 nitrogen and oxygen atoms in total. The number of amides is 1. The van der Waals surface area contributed by atoms with Crippen molar-refractivity contribution in [3.05, 3.63) is 12.2 Å². The SMILES string of the molecule is O=C(CC1CC1)N1C2C=CCC1CC2. The number of carbonyl (C=O) groups excluding carboxylic acids is 1. The minimum atomic E-state index is 0.421. The molecule has 3 rings (SSSR count). The Hall–Kier alpha value is -0.790. The van der Waals surface area contributed by atoms with Gasteiger partial charge in [-0.3, -0.25) is 4.79 Å². The Morgan fingerprint density at radius 3 is 2.86 bits per heavy atom. The van der Waals surface area contributed by atoms with Gasteiger partial charge in [0.15, 0.2) is 0 Å². The van der Waals surface area contributed by atoms with Gasteiger partial charge in [-0.1, -0.05) is 12.2 Å². The van der Waals surface area contributed by atoms with Crippen molar-refractivity contribution >= 4 is 5.91 Å². The molecule has 0 spiro atoms. The molecule has 14 heavy (non-hydrogen) atoms. The maximum atomic E-state index is 12.0. The van der Waals surface area contributed by atoms with Gasteiger partial charge in [-0.2, -0.15) is 0 Å². The molecule has 0 N–H and O–H groups in total. The van der Waals surface area contributed by atoms with E-state index in [4.69, 9.17) is 0 Å². The van der Waals surface area contributed by atoms with Gasteiger partial charge in [0.1, 0.15) is 0 Å². The van der Waals surface area contributed by atoms with Gasteiger partial charge in [-0.05, 0) is 38.0 Å². The fraction of sp³-hybridized carbons (Fsp3) is 0.750. The molecular formula is C12H17NO. The smallest absolute Gasteiger partial charge is 0.223 e. The van der Waals surface area contributed by atoms with E-state index in [1.165, 1.54) is 25.7 Å². The summed E-state index contributed by atoms with van der Waals surface area (Å²) in [5.74, 6) is 1.15. The van der Waals surface area contributed by atoms with E-state index in [9.17, 15) is 4.79 Å². The van der Waals surface area contributed by atoms with Crippen LogP contribution in [0, 0.1) is 5.92 Å². The minimum Gasteiger partial charge on any atom is -0.333 e. The number of nitrogens with zero attached hydrogens (tertiary/aromatic N) is 1. The van der Waals surface area contributed by atoms with Crippen molar-refractivity contribution in [2.24, 2.45) is 5.92 Å². The van der Waals surface area contributed by atoms with Gasteiger partial charge in [0, 0.05) is 12.5 Å². The Balaban J connectivity index is 1.71. The Morgan fingerprint density at radius 1 is 1.29 bits per heavy atom. The van der Waals surface area contributed by atoms with Crippen molar-refractivity contribution in [2.45, 2.75) is 50.6 Å². The highest BCUT2D eigenvalue weighted by Gasteiger charge is 2.38. The average Bonchev–Trinajstić information content (AvgIpc) is 2.94. The number of hydrogen-bond acceptors (Lipinski definition) is 1. The van der Waals surface area contributed by atoms with Crippen molar-refractivity contribution < 1.29 is 4.79 Å². The van der Waals surface area contributed by atoms with E-state index in [0.29, 0.717) is 18.0 Å². The topological polar surface area (TPSA) is 20.3 Å². The number of carbonyl (C=O) groups is 1. The molecule has 0 radical (unpaired) electrons. The minimum absolute atomic E-state index is 0.421. The van der Waals surface area contributed by atoms with Crippen molar-refractivity contribution in [1.29, 1.82) is 0 Å². The summed E-state index contributed by atoms with van der Waals surface area (Å²) >= 11 is 0. The number of hydrogen-bond donors (Lipinski definition) is 0. The fourth-order valence-corrected chi connectivity index (χ4v) is 2.79. The summed E-state index contributed by atoms with van der Waals surface area (Å²) in [6, 6.07) is 0.983. The summed E-state index contributed by atoms with van der Waals surface area (Å²) in [6.45, 7) is 0. The maximum Gasteiger partial charge on any atom is 0.223 e. The van der Waals surface area contributed by atoms with Gasteiger partial charge in [0.05, 0.1) is 6.04 Å². The Morgan fingerprint density at radius 2 is 2.14 bits per heavy atom. The molecule has 2 bridgehead atoms. The molecule has 0 aromatic heterocycles. The van der Waals surface area contributed by atoms with Crippen LogP contribution in [0.2, 0.25) is 0 Å². The lowest BCUT2D eigenvalue weighted by molar-refractivity contribution is -0.133. The largest absolute Gasteiger partial charge is 0.333 e. The molecule has 3 aliphatic rings. The fourth-order valence-electron chi connectivity index (χ4n) is 2.79. The van der Waals surface area contributed by atoms with Gasteiger partial charge >= 0.3 is 0 Å². The monoisotopic (exact) mass is 191 g/mol. The van der Waals surface area contributed by atoms with E-state index in [1.807, 2.05) is 0 Å². The molecule has 2 aliphatic heterocycles. The maximum absolute atomic E-state index is 12.0. The molecule has 1 saturated heterocycles. The third-order valence-electron chi connectivity index (χ3n) is 3.76. The van der Waals surface area contributed by atoms with Gasteiger partial charge < -0.3 is 4.90 Å². The molecule has 2 fully saturated rings. The first-order valence-electron chi connectivity index (χ1n) is 5.82. The summed E-state index contributed by atoms with van der Waals surface area (Å²) in [7, 11) is 0. The van der Waals surface area contributed by atoms with Crippen LogP contribution in [0.25, 0.3) is 0 Å². The van der Waals surface area contributed by atoms with Crippen LogP contribution in [-0.2, 0) is 4.79 Å². The second kappa shape index (κ2) is 3.11. The summed E-state index contributed by atoms with van der Waals surface area (Å²) < 4.78 is 0. The Kier molecular flexibility index (Phi) is 1.89. The predicted molar refractivity (Wildman–Crippen MR) is 54.8 cm³/mol. The third kappa shape index (κ3) is 1.37. The normalized spacial score (nSPS) is 35.0. The number of rotatable bonds is 2. The summed E-state index contributed by atoms with van der Waals surface area (Å²) in [6.07, 6.45) is 11.4. The molecule has 0 aromatic rings. The Labute approximate surface area is 85.0 Å².